The molecule has 0 saturated heterocycles. The highest BCUT2D eigenvalue weighted by molar-refractivity contribution is 5.95. The van der Waals surface area contributed by atoms with Crippen LogP contribution in [0.5, 0.6) is 0 Å². The lowest BCUT2D eigenvalue weighted by Gasteiger charge is -2.65. The van der Waals surface area contributed by atoms with E-state index in [1.165, 1.54) is 18.4 Å². The summed E-state index contributed by atoms with van der Waals surface area (Å²) in [5.41, 5.74) is 1.53. The average Bonchev–Trinajstić information content (AvgIpc) is 2.72. The predicted octanol–water partition coefficient (Wildman–Crippen LogP) is 5.90. The van der Waals surface area contributed by atoms with Crippen LogP contribution in [0.1, 0.15) is 85.5 Å². The number of carbonyl (C=O) groups is 2. The maximum atomic E-state index is 14.0. The minimum atomic E-state index is -0.655. The van der Waals surface area contributed by atoms with E-state index in [2.05, 4.69) is 27.7 Å². The number of methoxy groups -OCH3 is 1. The quantitative estimate of drug-likeness (QED) is 0.578. The van der Waals surface area contributed by atoms with Crippen molar-refractivity contribution in [2.45, 2.75) is 91.6 Å². The van der Waals surface area contributed by atoms with E-state index in [0.717, 1.165) is 38.5 Å². The molecule has 4 fully saturated rings. The van der Waals surface area contributed by atoms with Gasteiger partial charge in [0.2, 0.25) is 0 Å². The standard InChI is InChI=1S/C28H42O4/c1-16-19-8-12-28(4)20-7-11-26(2)10-6-17(25(30)31)14-21(26)18(20)15-22(29)24(28)27(19,3)13-9-23(16)32-5/h15-17,19-21,23-24H,6-14H2,1-5H3,(H,30,31). The SMILES string of the molecule is COC1CCC2(C)C(CCC3(C)C4CCC5(C)CCC(C(=O)O)CC5C4=CC(=O)C32)C1C. The summed E-state index contributed by atoms with van der Waals surface area (Å²) in [5, 5.41) is 9.73. The number of hydrogen-bond acceptors (Lipinski definition) is 3. The molecule has 5 rings (SSSR count). The van der Waals surface area contributed by atoms with E-state index in [4.69, 9.17) is 4.74 Å². The first kappa shape index (κ1) is 22.6. The summed E-state index contributed by atoms with van der Waals surface area (Å²) in [4.78, 5) is 25.8. The van der Waals surface area contributed by atoms with Crippen molar-refractivity contribution in [3.8, 4) is 0 Å². The smallest absolute Gasteiger partial charge is 0.306 e. The van der Waals surface area contributed by atoms with Gasteiger partial charge in [0, 0.05) is 13.0 Å². The van der Waals surface area contributed by atoms with Crippen LogP contribution in [0.2, 0.25) is 0 Å². The van der Waals surface area contributed by atoms with E-state index in [1.807, 2.05) is 13.2 Å². The Balaban J connectivity index is 1.53. The minimum absolute atomic E-state index is 0.00351. The minimum Gasteiger partial charge on any atom is -0.481 e. The summed E-state index contributed by atoms with van der Waals surface area (Å²) in [6, 6.07) is 0. The van der Waals surface area contributed by atoms with Crippen LogP contribution in [0, 0.1) is 51.8 Å². The summed E-state index contributed by atoms with van der Waals surface area (Å²) < 4.78 is 5.83. The molecule has 0 aromatic rings. The summed E-state index contributed by atoms with van der Waals surface area (Å²) in [5.74, 6) is 1.24. The van der Waals surface area contributed by atoms with E-state index >= 15 is 0 Å². The largest absolute Gasteiger partial charge is 0.481 e. The fourth-order valence-corrected chi connectivity index (χ4v) is 9.90. The van der Waals surface area contributed by atoms with Crippen LogP contribution in [0.4, 0.5) is 0 Å². The maximum Gasteiger partial charge on any atom is 0.306 e. The second-order valence-corrected chi connectivity index (χ2v) is 12.9. The molecule has 1 N–H and O–H groups in total. The van der Waals surface area contributed by atoms with Crippen molar-refractivity contribution in [1.29, 1.82) is 0 Å². The van der Waals surface area contributed by atoms with E-state index in [9.17, 15) is 14.7 Å². The number of carboxylic acid groups (broad SMARTS) is 1. The van der Waals surface area contributed by atoms with Crippen LogP contribution in [0.25, 0.3) is 0 Å². The lowest BCUT2D eigenvalue weighted by molar-refractivity contribution is -0.171. The van der Waals surface area contributed by atoms with E-state index < -0.39 is 5.97 Å². The van der Waals surface area contributed by atoms with Crippen LogP contribution in [0.15, 0.2) is 11.6 Å². The third-order valence-electron chi connectivity index (χ3n) is 11.6. The Labute approximate surface area is 193 Å². The molecule has 0 heterocycles. The number of fused-ring (bicyclic) bond motifs is 7. The molecule has 0 spiro atoms. The zero-order valence-corrected chi connectivity index (χ0v) is 20.7. The van der Waals surface area contributed by atoms with Gasteiger partial charge in [-0.3, -0.25) is 9.59 Å². The molecule has 32 heavy (non-hydrogen) atoms. The molecule has 0 bridgehead atoms. The Hall–Kier alpha value is -1.16. The van der Waals surface area contributed by atoms with Gasteiger partial charge < -0.3 is 9.84 Å². The normalized spacial score (nSPS) is 52.7. The molecule has 0 aromatic carbocycles. The lowest BCUT2D eigenvalue weighted by atomic mass is 9.38. The Kier molecular flexibility index (Phi) is 5.24. The second-order valence-electron chi connectivity index (χ2n) is 12.9. The number of allylic oxidation sites excluding steroid dienone is 2. The van der Waals surface area contributed by atoms with Crippen LogP contribution in [0.3, 0.4) is 0 Å². The molecule has 4 nitrogen and oxygen atoms in total. The lowest BCUT2D eigenvalue weighted by Crippen LogP contribution is -2.62. The van der Waals surface area contributed by atoms with Gasteiger partial charge >= 0.3 is 5.97 Å². The van der Waals surface area contributed by atoms with Crippen molar-refractivity contribution in [1.82, 2.24) is 0 Å². The van der Waals surface area contributed by atoms with Crippen LogP contribution in [-0.4, -0.2) is 30.1 Å². The highest BCUT2D eigenvalue weighted by atomic mass is 16.5. The van der Waals surface area contributed by atoms with Crippen LogP contribution < -0.4 is 0 Å². The molecular weight excluding hydrogens is 400 g/mol. The van der Waals surface area contributed by atoms with Gasteiger partial charge in [0.15, 0.2) is 5.78 Å². The van der Waals surface area contributed by atoms with Gasteiger partial charge in [-0.05, 0) is 104 Å². The second kappa shape index (κ2) is 7.42. The number of carboxylic acids is 1. The van der Waals surface area contributed by atoms with E-state index in [1.54, 1.807) is 0 Å². The van der Waals surface area contributed by atoms with Gasteiger partial charge in [-0.2, -0.15) is 0 Å². The maximum absolute atomic E-state index is 14.0. The van der Waals surface area contributed by atoms with Crippen LogP contribution in [-0.2, 0) is 14.3 Å². The first-order chi connectivity index (χ1) is 15.0. The Bertz CT molecular complexity index is 846. The number of ketones is 1. The summed E-state index contributed by atoms with van der Waals surface area (Å²) in [6.45, 7) is 9.53. The van der Waals surface area contributed by atoms with Gasteiger partial charge in [0.25, 0.3) is 0 Å². The monoisotopic (exact) mass is 442 g/mol. The van der Waals surface area contributed by atoms with Gasteiger partial charge in [0.1, 0.15) is 0 Å². The van der Waals surface area contributed by atoms with Gasteiger partial charge in [-0.1, -0.05) is 33.3 Å². The van der Waals surface area contributed by atoms with Gasteiger partial charge in [-0.25, -0.2) is 0 Å². The average molecular weight is 443 g/mol. The Morgan fingerprint density at radius 2 is 1.69 bits per heavy atom. The molecule has 178 valence electrons. The number of aliphatic carboxylic acids is 1. The number of ether oxygens (including phenoxy) is 1. The number of rotatable bonds is 2. The highest BCUT2D eigenvalue weighted by Gasteiger charge is 2.65. The number of carbonyl (C=O) groups excluding carboxylic acids is 1. The Morgan fingerprint density at radius 3 is 2.38 bits per heavy atom. The summed E-state index contributed by atoms with van der Waals surface area (Å²) in [6.07, 6.45) is 11.6. The van der Waals surface area contributed by atoms with Gasteiger partial charge in [-0.15, -0.1) is 0 Å². The Morgan fingerprint density at radius 1 is 1.00 bits per heavy atom. The molecule has 5 aliphatic rings. The van der Waals surface area contributed by atoms with Crippen molar-refractivity contribution in [2.75, 3.05) is 7.11 Å². The molecule has 4 heteroatoms. The first-order valence-electron chi connectivity index (χ1n) is 13.1. The van der Waals surface area contributed by atoms with E-state index in [-0.39, 0.29) is 34.0 Å². The fourth-order valence-electron chi connectivity index (χ4n) is 9.90. The zero-order chi connectivity index (χ0) is 23.1. The van der Waals surface area contributed by atoms with Crippen molar-refractivity contribution in [3.05, 3.63) is 11.6 Å². The molecule has 5 aliphatic carbocycles. The van der Waals surface area contributed by atoms with Crippen molar-refractivity contribution in [2.24, 2.45) is 51.8 Å². The highest BCUT2D eigenvalue weighted by Crippen LogP contribution is 2.69. The zero-order valence-electron chi connectivity index (χ0n) is 20.7. The van der Waals surface area contributed by atoms with E-state index in [0.29, 0.717) is 36.1 Å². The molecule has 0 radical (unpaired) electrons. The third-order valence-corrected chi connectivity index (χ3v) is 11.6. The molecular formula is C28H42O4. The topological polar surface area (TPSA) is 63.6 Å². The van der Waals surface area contributed by atoms with Gasteiger partial charge in [0.05, 0.1) is 12.0 Å². The first-order valence-corrected chi connectivity index (χ1v) is 13.1. The molecule has 10 unspecified atom stereocenters. The summed E-state index contributed by atoms with van der Waals surface area (Å²) >= 11 is 0. The number of hydrogen-bond donors (Lipinski definition) is 1. The molecule has 0 amide bonds. The van der Waals surface area contributed by atoms with Crippen molar-refractivity contribution in [3.63, 3.8) is 0 Å². The van der Waals surface area contributed by atoms with Crippen LogP contribution >= 0.6 is 0 Å². The third kappa shape index (κ3) is 2.96. The molecule has 10 atom stereocenters. The molecule has 0 aromatic heterocycles. The molecule has 4 saturated carbocycles. The van der Waals surface area contributed by atoms with Crippen molar-refractivity contribution < 1.29 is 19.4 Å². The summed E-state index contributed by atoms with van der Waals surface area (Å²) in [7, 11) is 1.84. The predicted molar refractivity (Wildman–Crippen MR) is 124 cm³/mol. The van der Waals surface area contributed by atoms with Crippen molar-refractivity contribution >= 4 is 11.8 Å². The fraction of sp³-hybridized carbons (Fsp3) is 0.857. The molecule has 0 aliphatic heterocycles.